The van der Waals surface area contributed by atoms with Crippen molar-refractivity contribution in [3.8, 4) is 0 Å². The summed E-state index contributed by atoms with van der Waals surface area (Å²) in [6, 6.07) is 3.03. The van der Waals surface area contributed by atoms with E-state index in [1.165, 1.54) is 11.3 Å². The van der Waals surface area contributed by atoms with Crippen LogP contribution in [0.2, 0.25) is 0 Å². The zero-order valence-electron chi connectivity index (χ0n) is 11.0. The smallest absolute Gasteiger partial charge is 0.261 e. The van der Waals surface area contributed by atoms with Crippen LogP contribution in [-0.2, 0) is 4.79 Å². The maximum Gasteiger partial charge on any atom is 0.261 e. The van der Waals surface area contributed by atoms with Crippen molar-refractivity contribution in [1.82, 2.24) is 10.6 Å². The Morgan fingerprint density at radius 1 is 1.42 bits per heavy atom. The van der Waals surface area contributed by atoms with Gasteiger partial charge in [-0.3, -0.25) is 9.59 Å². The van der Waals surface area contributed by atoms with Crippen LogP contribution in [0, 0.1) is 0 Å². The zero-order chi connectivity index (χ0) is 13.5. The molecule has 19 heavy (non-hydrogen) atoms. The van der Waals surface area contributed by atoms with Crippen molar-refractivity contribution in [1.29, 1.82) is 0 Å². The highest BCUT2D eigenvalue weighted by atomic mass is 35.5. The average molecular weight is 306 g/mol. The molecule has 1 aromatic rings. The molecule has 5 nitrogen and oxygen atoms in total. The maximum absolute atomic E-state index is 11.7. The lowest BCUT2D eigenvalue weighted by Gasteiger charge is -2.14. The summed E-state index contributed by atoms with van der Waals surface area (Å²) in [4.78, 5) is 24.0. The van der Waals surface area contributed by atoms with Gasteiger partial charge in [0.15, 0.2) is 0 Å². The van der Waals surface area contributed by atoms with E-state index in [0.717, 1.165) is 6.42 Å². The molecule has 0 spiro atoms. The normalized spacial score (nSPS) is 13.0. The number of nitrogens with one attached hydrogen (secondary N) is 2. The summed E-state index contributed by atoms with van der Waals surface area (Å²) in [5.74, 6) is -0.416. The summed E-state index contributed by atoms with van der Waals surface area (Å²) in [6.45, 7) is 4.07. The van der Waals surface area contributed by atoms with Gasteiger partial charge in [-0.25, -0.2) is 0 Å². The predicted molar refractivity (Wildman–Crippen MR) is 79.8 cm³/mol. The van der Waals surface area contributed by atoms with E-state index in [1.54, 1.807) is 19.1 Å². The summed E-state index contributed by atoms with van der Waals surface area (Å²) in [5.41, 5.74) is 5.58. The number of amides is 2. The van der Waals surface area contributed by atoms with Crippen LogP contribution in [0.4, 0.5) is 0 Å². The van der Waals surface area contributed by atoms with Crippen LogP contribution in [0.25, 0.3) is 0 Å². The van der Waals surface area contributed by atoms with Crippen LogP contribution >= 0.6 is 23.7 Å². The van der Waals surface area contributed by atoms with Gasteiger partial charge in [0.05, 0.1) is 4.88 Å². The van der Waals surface area contributed by atoms with E-state index in [0.29, 0.717) is 11.4 Å². The van der Waals surface area contributed by atoms with E-state index in [1.807, 2.05) is 12.3 Å². The third kappa shape index (κ3) is 6.56. The van der Waals surface area contributed by atoms with Crippen molar-refractivity contribution >= 4 is 35.6 Å². The van der Waals surface area contributed by atoms with Gasteiger partial charge in [-0.15, -0.1) is 23.7 Å². The Balaban J connectivity index is 0.00000324. The molecule has 1 aromatic heterocycles. The van der Waals surface area contributed by atoms with E-state index in [2.05, 4.69) is 10.6 Å². The van der Waals surface area contributed by atoms with Crippen LogP contribution in [0.5, 0.6) is 0 Å². The molecule has 108 valence electrons. The Labute approximate surface area is 123 Å². The molecule has 2 amide bonds. The molecular formula is C12H20ClN3O2S. The number of nitrogens with two attached hydrogens (primary N) is 1. The SMILES string of the molecule is CC(N)CCNC(=O)C(C)NC(=O)c1cccs1.Cl. The van der Waals surface area contributed by atoms with Gasteiger partial charge in [0, 0.05) is 12.6 Å². The fraction of sp³-hybridized carbons (Fsp3) is 0.500. The van der Waals surface area contributed by atoms with Gasteiger partial charge in [-0.2, -0.15) is 0 Å². The van der Waals surface area contributed by atoms with Crippen molar-refractivity contribution in [3.63, 3.8) is 0 Å². The number of rotatable bonds is 6. The van der Waals surface area contributed by atoms with Crippen LogP contribution in [0.3, 0.4) is 0 Å². The Hall–Kier alpha value is -1.11. The number of hydrogen-bond donors (Lipinski definition) is 3. The monoisotopic (exact) mass is 305 g/mol. The first kappa shape index (κ1) is 17.9. The van der Waals surface area contributed by atoms with Gasteiger partial charge in [-0.05, 0) is 31.7 Å². The Bertz CT molecular complexity index is 396. The lowest BCUT2D eigenvalue weighted by Crippen LogP contribution is -2.45. The van der Waals surface area contributed by atoms with Gasteiger partial charge in [0.1, 0.15) is 6.04 Å². The van der Waals surface area contributed by atoms with Gasteiger partial charge < -0.3 is 16.4 Å². The van der Waals surface area contributed by atoms with Crippen molar-refractivity contribution in [2.45, 2.75) is 32.4 Å². The van der Waals surface area contributed by atoms with E-state index in [4.69, 9.17) is 5.73 Å². The van der Waals surface area contributed by atoms with Crippen LogP contribution in [-0.4, -0.2) is 30.4 Å². The predicted octanol–water partition coefficient (Wildman–Crippen LogP) is 1.14. The largest absolute Gasteiger partial charge is 0.354 e. The Morgan fingerprint density at radius 3 is 2.63 bits per heavy atom. The lowest BCUT2D eigenvalue weighted by atomic mass is 10.2. The van der Waals surface area contributed by atoms with Crippen molar-refractivity contribution in [2.24, 2.45) is 5.73 Å². The molecule has 0 saturated heterocycles. The highest BCUT2D eigenvalue weighted by Gasteiger charge is 2.16. The van der Waals surface area contributed by atoms with E-state index >= 15 is 0 Å². The zero-order valence-corrected chi connectivity index (χ0v) is 12.6. The fourth-order valence-electron chi connectivity index (χ4n) is 1.32. The molecule has 0 saturated carbocycles. The van der Waals surface area contributed by atoms with Crippen molar-refractivity contribution in [3.05, 3.63) is 22.4 Å². The molecule has 0 radical (unpaired) electrons. The number of carbonyl (C=O) groups is 2. The summed E-state index contributed by atoms with van der Waals surface area (Å²) < 4.78 is 0. The average Bonchev–Trinajstić information content (AvgIpc) is 2.81. The van der Waals surface area contributed by atoms with Gasteiger partial charge in [0.2, 0.25) is 5.91 Å². The molecule has 7 heteroatoms. The molecule has 4 N–H and O–H groups in total. The molecule has 0 fully saturated rings. The van der Waals surface area contributed by atoms with Crippen LogP contribution in [0.15, 0.2) is 17.5 Å². The van der Waals surface area contributed by atoms with Gasteiger partial charge in [0.25, 0.3) is 5.91 Å². The van der Waals surface area contributed by atoms with Gasteiger partial charge >= 0.3 is 0 Å². The summed E-state index contributed by atoms with van der Waals surface area (Å²) in [6.07, 6.45) is 0.720. The molecule has 2 atom stereocenters. The molecular weight excluding hydrogens is 286 g/mol. The topological polar surface area (TPSA) is 84.2 Å². The van der Waals surface area contributed by atoms with Crippen LogP contribution in [0.1, 0.15) is 29.9 Å². The molecule has 0 aliphatic heterocycles. The van der Waals surface area contributed by atoms with E-state index < -0.39 is 6.04 Å². The lowest BCUT2D eigenvalue weighted by molar-refractivity contribution is -0.122. The first-order chi connectivity index (χ1) is 8.50. The van der Waals surface area contributed by atoms with Crippen LogP contribution < -0.4 is 16.4 Å². The highest BCUT2D eigenvalue weighted by Crippen LogP contribution is 2.07. The number of carbonyl (C=O) groups excluding carboxylic acids is 2. The number of thiophene rings is 1. The Morgan fingerprint density at radius 2 is 2.11 bits per heavy atom. The minimum absolute atomic E-state index is 0. The third-order valence-corrected chi connectivity index (χ3v) is 3.25. The summed E-state index contributed by atoms with van der Waals surface area (Å²) >= 11 is 1.35. The quantitative estimate of drug-likeness (QED) is 0.737. The highest BCUT2D eigenvalue weighted by molar-refractivity contribution is 7.12. The Kier molecular flexibility index (Phi) is 8.38. The van der Waals surface area contributed by atoms with Crippen molar-refractivity contribution in [2.75, 3.05) is 6.54 Å². The molecule has 1 rings (SSSR count). The fourth-order valence-corrected chi connectivity index (χ4v) is 1.94. The minimum atomic E-state index is -0.548. The molecule has 0 aromatic carbocycles. The number of halogens is 1. The standard InChI is InChI=1S/C12H19N3O2S.ClH/c1-8(13)5-6-14-11(16)9(2)15-12(17)10-4-3-7-18-10;/h3-4,7-9H,5-6,13H2,1-2H3,(H,14,16)(H,15,17);1H. The molecule has 2 unspecified atom stereocenters. The second-order valence-corrected chi connectivity index (χ2v) is 5.18. The van der Waals surface area contributed by atoms with E-state index in [9.17, 15) is 9.59 Å². The summed E-state index contributed by atoms with van der Waals surface area (Å²) in [5, 5.41) is 7.20. The number of hydrogen-bond acceptors (Lipinski definition) is 4. The maximum atomic E-state index is 11.7. The second-order valence-electron chi connectivity index (χ2n) is 4.23. The summed E-state index contributed by atoms with van der Waals surface area (Å²) in [7, 11) is 0. The third-order valence-electron chi connectivity index (χ3n) is 2.38. The minimum Gasteiger partial charge on any atom is -0.354 e. The first-order valence-corrected chi connectivity index (χ1v) is 6.76. The van der Waals surface area contributed by atoms with E-state index in [-0.39, 0.29) is 30.3 Å². The molecule has 0 aliphatic rings. The first-order valence-electron chi connectivity index (χ1n) is 5.88. The second kappa shape index (κ2) is 8.90. The molecule has 0 aliphatic carbocycles. The molecule has 1 heterocycles. The molecule has 0 bridgehead atoms. The van der Waals surface area contributed by atoms with Gasteiger partial charge in [-0.1, -0.05) is 6.07 Å². The van der Waals surface area contributed by atoms with Crippen molar-refractivity contribution < 1.29 is 9.59 Å².